The molecule has 0 amide bonds. The van der Waals surface area contributed by atoms with Gasteiger partial charge in [0.2, 0.25) is 0 Å². The van der Waals surface area contributed by atoms with Crippen LogP contribution >= 0.6 is 11.3 Å². The Bertz CT molecular complexity index is 1230. The smallest absolute Gasteiger partial charge is 0.307 e. The van der Waals surface area contributed by atoms with Gasteiger partial charge >= 0.3 is 5.97 Å². The van der Waals surface area contributed by atoms with E-state index in [1.54, 1.807) is 23.5 Å². The van der Waals surface area contributed by atoms with Crippen LogP contribution in [0, 0.1) is 11.8 Å². The number of fused-ring (bicyclic) bond motifs is 1. The van der Waals surface area contributed by atoms with Gasteiger partial charge in [0, 0.05) is 17.2 Å². The lowest BCUT2D eigenvalue weighted by Gasteiger charge is -2.31. The fourth-order valence-electron chi connectivity index (χ4n) is 3.95. The number of carboxylic acids is 1. The van der Waals surface area contributed by atoms with E-state index < -0.39 is 17.8 Å². The third-order valence-corrected chi connectivity index (χ3v) is 6.81. The van der Waals surface area contributed by atoms with Crippen LogP contribution in [0.5, 0.6) is 0 Å². The average Bonchev–Trinajstić information content (AvgIpc) is 3.15. The number of anilines is 2. The number of aromatic nitrogens is 1. The number of aliphatic carboxylic acids is 1. The van der Waals surface area contributed by atoms with Crippen molar-refractivity contribution in [1.29, 1.82) is 0 Å². The van der Waals surface area contributed by atoms with Gasteiger partial charge in [-0.3, -0.25) is 9.59 Å². The number of carbonyl (C=O) groups is 2. The van der Waals surface area contributed by atoms with Crippen molar-refractivity contribution >= 4 is 44.1 Å². The molecule has 1 aromatic heterocycles. The molecule has 1 heterocycles. The maximum Gasteiger partial charge on any atom is 0.307 e. The highest BCUT2D eigenvalue weighted by atomic mass is 32.1. The van der Waals surface area contributed by atoms with Gasteiger partial charge in [-0.25, -0.2) is 4.98 Å². The van der Waals surface area contributed by atoms with Crippen molar-refractivity contribution in [3.8, 4) is 11.1 Å². The molecule has 6 heteroatoms. The normalized spacial score (nSPS) is 17.8. The largest absolute Gasteiger partial charge is 0.481 e. The zero-order chi connectivity index (χ0) is 21.4. The molecule has 2 N–H and O–H groups in total. The average molecular weight is 429 g/mol. The van der Waals surface area contributed by atoms with E-state index in [9.17, 15) is 14.7 Å². The van der Waals surface area contributed by atoms with E-state index in [2.05, 4.69) is 16.4 Å². The van der Waals surface area contributed by atoms with Crippen molar-refractivity contribution in [2.75, 3.05) is 5.32 Å². The Labute approximate surface area is 183 Å². The predicted octanol–water partition coefficient (Wildman–Crippen LogP) is 6.00. The van der Waals surface area contributed by atoms with Crippen LogP contribution in [-0.2, 0) is 4.79 Å². The number of thiazole rings is 1. The SMILES string of the molecule is O=C(O)C1CCC1C(=O)c1ccc(-c2ccc(Nc3nc4ccccc4s3)cc2)cc1. The van der Waals surface area contributed by atoms with E-state index in [1.165, 1.54) is 0 Å². The van der Waals surface area contributed by atoms with Gasteiger partial charge in [-0.05, 0) is 48.2 Å². The molecule has 0 aliphatic heterocycles. The number of carboxylic acid groups (broad SMARTS) is 1. The first-order valence-electron chi connectivity index (χ1n) is 10.2. The second-order valence-corrected chi connectivity index (χ2v) is 8.79. The molecule has 0 saturated heterocycles. The summed E-state index contributed by atoms with van der Waals surface area (Å²) in [6.07, 6.45) is 1.24. The molecule has 1 fully saturated rings. The monoisotopic (exact) mass is 428 g/mol. The molecule has 1 saturated carbocycles. The number of nitrogens with one attached hydrogen (secondary N) is 1. The molecule has 1 aliphatic carbocycles. The minimum absolute atomic E-state index is 0.0689. The summed E-state index contributed by atoms with van der Waals surface area (Å²) in [5, 5.41) is 13.4. The molecular weight excluding hydrogens is 408 g/mol. The van der Waals surface area contributed by atoms with Crippen LogP contribution < -0.4 is 5.32 Å². The molecule has 3 aromatic carbocycles. The van der Waals surface area contributed by atoms with Gasteiger partial charge in [-0.15, -0.1) is 0 Å². The maximum absolute atomic E-state index is 12.6. The molecule has 31 heavy (non-hydrogen) atoms. The number of carbonyl (C=O) groups excluding carboxylic acids is 1. The van der Waals surface area contributed by atoms with Crippen LogP contribution in [0.1, 0.15) is 23.2 Å². The number of para-hydroxylation sites is 1. The maximum atomic E-state index is 12.6. The number of nitrogens with zero attached hydrogens (tertiary/aromatic N) is 1. The summed E-state index contributed by atoms with van der Waals surface area (Å²) in [7, 11) is 0. The Morgan fingerprint density at radius 2 is 1.52 bits per heavy atom. The third kappa shape index (κ3) is 3.82. The molecule has 0 radical (unpaired) electrons. The second kappa shape index (κ2) is 7.96. The van der Waals surface area contributed by atoms with Crippen LogP contribution in [0.3, 0.4) is 0 Å². The zero-order valence-electron chi connectivity index (χ0n) is 16.6. The standard InChI is InChI=1S/C25H20N2O3S/c28-23(19-13-14-20(19)24(29)30)17-7-5-15(6-8-17)16-9-11-18(12-10-16)26-25-27-21-3-1-2-4-22(21)31-25/h1-12,19-20H,13-14H2,(H,26,27)(H,29,30). The van der Waals surface area contributed by atoms with Crippen LogP contribution in [0.15, 0.2) is 72.8 Å². The summed E-state index contributed by atoms with van der Waals surface area (Å²) < 4.78 is 1.15. The van der Waals surface area contributed by atoms with Gasteiger partial charge in [0.15, 0.2) is 10.9 Å². The van der Waals surface area contributed by atoms with Crippen molar-refractivity contribution in [3.63, 3.8) is 0 Å². The molecule has 0 bridgehead atoms. The van der Waals surface area contributed by atoms with E-state index in [0.717, 1.165) is 32.2 Å². The third-order valence-electron chi connectivity index (χ3n) is 5.86. The van der Waals surface area contributed by atoms with E-state index in [0.29, 0.717) is 18.4 Å². The Morgan fingerprint density at radius 1 is 0.871 bits per heavy atom. The molecule has 0 spiro atoms. The first-order valence-corrected chi connectivity index (χ1v) is 11.0. The molecule has 154 valence electrons. The summed E-state index contributed by atoms with van der Waals surface area (Å²) in [6.45, 7) is 0. The van der Waals surface area contributed by atoms with Crippen LogP contribution in [0.4, 0.5) is 10.8 Å². The Hall–Kier alpha value is -3.51. The number of hydrogen-bond acceptors (Lipinski definition) is 5. The highest BCUT2D eigenvalue weighted by Gasteiger charge is 2.41. The topological polar surface area (TPSA) is 79.3 Å². The van der Waals surface area contributed by atoms with Crippen molar-refractivity contribution in [1.82, 2.24) is 4.98 Å². The summed E-state index contributed by atoms with van der Waals surface area (Å²) in [5.74, 6) is -1.87. The van der Waals surface area contributed by atoms with Crippen LogP contribution in [0.25, 0.3) is 21.3 Å². The lowest BCUT2D eigenvalue weighted by molar-refractivity contribution is -0.146. The van der Waals surface area contributed by atoms with Crippen LogP contribution in [-0.4, -0.2) is 21.8 Å². The number of ketones is 1. The molecule has 5 rings (SSSR count). The summed E-state index contributed by atoms with van der Waals surface area (Å²) >= 11 is 1.62. The highest BCUT2D eigenvalue weighted by molar-refractivity contribution is 7.22. The first-order chi connectivity index (χ1) is 15.1. The Kier molecular flexibility index (Phi) is 5.00. The lowest BCUT2D eigenvalue weighted by Crippen LogP contribution is -2.38. The molecule has 5 nitrogen and oxygen atoms in total. The molecule has 2 unspecified atom stereocenters. The number of benzene rings is 3. The molecule has 1 aliphatic rings. The number of hydrogen-bond donors (Lipinski definition) is 2. The summed E-state index contributed by atoms with van der Waals surface area (Å²) in [6, 6.07) is 23.5. The van der Waals surface area contributed by atoms with Gasteiger partial charge in [0.1, 0.15) is 0 Å². The quantitative estimate of drug-likeness (QED) is 0.368. The first kappa shape index (κ1) is 19.5. The van der Waals surface area contributed by atoms with Gasteiger partial charge in [-0.2, -0.15) is 0 Å². The second-order valence-electron chi connectivity index (χ2n) is 7.76. The van der Waals surface area contributed by atoms with E-state index >= 15 is 0 Å². The molecular formula is C25H20N2O3S. The molecule has 2 atom stereocenters. The number of rotatable bonds is 6. The minimum Gasteiger partial charge on any atom is -0.481 e. The predicted molar refractivity (Wildman–Crippen MR) is 123 cm³/mol. The van der Waals surface area contributed by atoms with Crippen molar-refractivity contribution in [2.45, 2.75) is 12.8 Å². The van der Waals surface area contributed by atoms with Gasteiger partial charge < -0.3 is 10.4 Å². The van der Waals surface area contributed by atoms with E-state index in [-0.39, 0.29) is 5.78 Å². The van der Waals surface area contributed by atoms with E-state index in [4.69, 9.17) is 0 Å². The van der Waals surface area contributed by atoms with Crippen molar-refractivity contribution in [3.05, 3.63) is 78.4 Å². The summed E-state index contributed by atoms with van der Waals surface area (Å²) in [5.41, 5.74) is 4.57. The molecule has 4 aromatic rings. The van der Waals surface area contributed by atoms with Crippen LogP contribution in [0.2, 0.25) is 0 Å². The fourth-order valence-corrected chi connectivity index (χ4v) is 4.83. The fraction of sp³-hybridized carbons (Fsp3) is 0.160. The summed E-state index contributed by atoms with van der Waals surface area (Å²) in [4.78, 5) is 28.4. The number of Topliss-reactive ketones (excluding diaryl/α,β-unsaturated/α-hetero) is 1. The zero-order valence-corrected chi connectivity index (χ0v) is 17.4. The van der Waals surface area contributed by atoms with Crippen molar-refractivity contribution < 1.29 is 14.7 Å². The van der Waals surface area contributed by atoms with Gasteiger partial charge in [-0.1, -0.05) is 59.9 Å². The van der Waals surface area contributed by atoms with Gasteiger partial charge in [0.25, 0.3) is 0 Å². The Balaban J connectivity index is 1.28. The Morgan fingerprint density at radius 3 is 2.13 bits per heavy atom. The highest BCUT2D eigenvalue weighted by Crippen LogP contribution is 2.37. The van der Waals surface area contributed by atoms with E-state index in [1.807, 2.05) is 54.6 Å². The minimum atomic E-state index is -0.874. The van der Waals surface area contributed by atoms with Crippen molar-refractivity contribution in [2.24, 2.45) is 11.8 Å². The lowest BCUT2D eigenvalue weighted by atomic mass is 9.70. The van der Waals surface area contributed by atoms with Gasteiger partial charge in [0.05, 0.1) is 16.1 Å².